The van der Waals surface area contributed by atoms with E-state index in [1.165, 1.54) is 0 Å². The highest BCUT2D eigenvalue weighted by Gasteiger charge is 2.25. The molecule has 1 atom stereocenters. The predicted octanol–water partition coefficient (Wildman–Crippen LogP) is 2.90. The molecule has 0 aromatic heterocycles. The number of hydrogen-bond acceptors (Lipinski definition) is 1. The fraction of sp³-hybridized carbons (Fsp3) is 0.909. The summed E-state index contributed by atoms with van der Waals surface area (Å²) in [5.74, 6) is 0.0617. The van der Waals surface area contributed by atoms with Crippen molar-refractivity contribution in [1.29, 1.82) is 0 Å². The first kappa shape index (κ1) is 13.8. The van der Waals surface area contributed by atoms with Crippen molar-refractivity contribution in [1.82, 2.24) is 4.90 Å². The lowest BCUT2D eigenvalue weighted by molar-refractivity contribution is -0.130. The van der Waals surface area contributed by atoms with Crippen LogP contribution >= 0.6 is 11.6 Å². The van der Waals surface area contributed by atoms with Crippen molar-refractivity contribution in [3.63, 3.8) is 0 Å². The standard InChI is InChI=1S/C11H22ClNO/c1-6-13(7-2)10(14)9(12)8-11(3,4)5/h9H,6-8H2,1-5H3. The molecule has 0 spiro atoms. The van der Waals surface area contributed by atoms with Crippen LogP contribution in [0, 0.1) is 5.41 Å². The lowest BCUT2D eigenvalue weighted by atomic mass is 9.90. The lowest BCUT2D eigenvalue weighted by Crippen LogP contribution is -2.38. The fourth-order valence-electron chi connectivity index (χ4n) is 1.36. The molecular formula is C11H22ClNO. The van der Waals surface area contributed by atoms with Crippen molar-refractivity contribution in [2.24, 2.45) is 5.41 Å². The molecule has 0 radical (unpaired) electrons. The molecule has 14 heavy (non-hydrogen) atoms. The summed E-state index contributed by atoms with van der Waals surface area (Å²) in [6.07, 6.45) is 0.726. The molecule has 1 amide bonds. The molecule has 0 saturated heterocycles. The summed E-state index contributed by atoms with van der Waals surface area (Å²) in [6, 6.07) is 0. The van der Waals surface area contributed by atoms with Gasteiger partial charge in [0.2, 0.25) is 5.91 Å². The van der Waals surface area contributed by atoms with Gasteiger partial charge in [0.15, 0.2) is 0 Å². The second kappa shape index (κ2) is 5.59. The highest BCUT2D eigenvalue weighted by atomic mass is 35.5. The SMILES string of the molecule is CCN(CC)C(=O)C(Cl)CC(C)(C)C. The molecule has 0 fully saturated rings. The van der Waals surface area contributed by atoms with Gasteiger partial charge in [-0.1, -0.05) is 20.8 Å². The van der Waals surface area contributed by atoms with Crippen molar-refractivity contribution in [3.8, 4) is 0 Å². The van der Waals surface area contributed by atoms with Gasteiger partial charge in [0, 0.05) is 13.1 Å². The van der Waals surface area contributed by atoms with Gasteiger partial charge in [0.05, 0.1) is 0 Å². The molecule has 0 aromatic carbocycles. The highest BCUT2D eigenvalue weighted by Crippen LogP contribution is 2.24. The van der Waals surface area contributed by atoms with Crippen LogP contribution in [0.25, 0.3) is 0 Å². The van der Waals surface area contributed by atoms with Crippen LogP contribution < -0.4 is 0 Å². The van der Waals surface area contributed by atoms with Gasteiger partial charge in [0.25, 0.3) is 0 Å². The van der Waals surface area contributed by atoms with E-state index in [2.05, 4.69) is 20.8 Å². The maximum atomic E-state index is 11.8. The summed E-state index contributed by atoms with van der Waals surface area (Å²) < 4.78 is 0. The van der Waals surface area contributed by atoms with Crippen LogP contribution in [0.5, 0.6) is 0 Å². The first-order chi connectivity index (χ1) is 6.31. The van der Waals surface area contributed by atoms with E-state index in [-0.39, 0.29) is 16.7 Å². The average Bonchev–Trinajstić information content (AvgIpc) is 2.03. The molecule has 1 unspecified atom stereocenters. The van der Waals surface area contributed by atoms with E-state index in [1.807, 2.05) is 13.8 Å². The van der Waals surface area contributed by atoms with Crippen LogP contribution in [0.3, 0.4) is 0 Å². The zero-order valence-electron chi connectivity index (χ0n) is 9.93. The number of alkyl halides is 1. The number of carbonyl (C=O) groups is 1. The molecule has 0 aromatic rings. The van der Waals surface area contributed by atoms with Crippen LogP contribution in [-0.2, 0) is 4.79 Å². The van der Waals surface area contributed by atoms with Gasteiger partial charge in [-0.15, -0.1) is 11.6 Å². The maximum absolute atomic E-state index is 11.8. The van der Waals surface area contributed by atoms with Gasteiger partial charge in [0.1, 0.15) is 5.38 Å². The normalized spacial score (nSPS) is 13.9. The summed E-state index contributed by atoms with van der Waals surface area (Å²) in [5, 5.41) is -0.380. The number of nitrogens with zero attached hydrogens (tertiary/aromatic N) is 1. The summed E-state index contributed by atoms with van der Waals surface area (Å²) in [4.78, 5) is 13.6. The minimum atomic E-state index is -0.380. The van der Waals surface area contributed by atoms with E-state index in [9.17, 15) is 4.79 Å². The van der Waals surface area contributed by atoms with Crippen LogP contribution in [0.1, 0.15) is 41.0 Å². The van der Waals surface area contributed by atoms with Gasteiger partial charge in [-0.25, -0.2) is 0 Å². The topological polar surface area (TPSA) is 20.3 Å². The van der Waals surface area contributed by atoms with E-state index >= 15 is 0 Å². The Morgan fingerprint density at radius 2 is 1.71 bits per heavy atom. The van der Waals surface area contributed by atoms with Crippen molar-refractivity contribution in [2.75, 3.05) is 13.1 Å². The third-order valence-corrected chi connectivity index (χ3v) is 2.48. The van der Waals surface area contributed by atoms with Crippen LogP contribution in [0.4, 0.5) is 0 Å². The number of halogens is 1. The monoisotopic (exact) mass is 219 g/mol. The Morgan fingerprint density at radius 1 is 1.29 bits per heavy atom. The van der Waals surface area contributed by atoms with Crippen molar-refractivity contribution in [2.45, 2.75) is 46.4 Å². The second-order valence-corrected chi connectivity index (χ2v) is 5.27. The molecule has 0 bridgehead atoms. The van der Waals surface area contributed by atoms with Gasteiger partial charge in [-0.2, -0.15) is 0 Å². The van der Waals surface area contributed by atoms with Crippen LogP contribution in [0.15, 0.2) is 0 Å². The van der Waals surface area contributed by atoms with Gasteiger partial charge >= 0.3 is 0 Å². The van der Waals surface area contributed by atoms with E-state index in [1.54, 1.807) is 4.90 Å². The number of amides is 1. The predicted molar refractivity (Wildman–Crippen MR) is 61.6 cm³/mol. The molecule has 0 saturated carbocycles. The van der Waals surface area contributed by atoms with E-state index in [0.717, 1.165) is 19.5 Å². The minimum Gasteiger partial charge on any atom is -0.342 e. The fourth-order valence-corrected chi connectivity index (χ4v) is 1.96. The Bertz CT molecular complexity index is 182. The number of rotatable bonds is 4. The molecule has 2 nitrogen and oxygen atoms in total. The zero-order valence-corrected chi connectivity index (χ0v) is 10.7. The maximum Gasteiger partial charge on any atom is 0.240 e. The summed E-state index contributed by atoms with van der Waals surface area (Å²) >= 11 is 6.08. The molecular weight excluding hydrogens is 198 g/mol. The number of carbonyl (C=O) groups excluding carboxylic acids is 1. The van der Waals surface area contributed by atoms with E-state index < -0.39 is 0 Å². The second-order valence-electron chi connectivity index (χ2n) is 4.74. The van der Waals surface area contributed by atoms with E-state index in [4.69, 9.17) is 11.6 Å². The molecule has 0 heterocycles. The van der Waals surface area contributed by atoms with Gasteiger partial charge in [-0.05, 0) is 25.7 Å². The molecule has 3 heteroatoms. The first-order valence-corrected chi connectivity index (χ1v) is 5.68. The van der Waals surface area contributed by atoms with Crippen molar-refractivity contribution < 1.29 is 4.79 Å². The van der Waals surface area contributed by atoms with Crippen LogP contribution in [-0.4, -0.2) is 29.3 Å². The average molecular weight is 220 g/mol. The Hall–Kier alpha value is -0.240. The van der Waals surface area contributed by atoms with Crippen LogP contribution in [0.2, 0.25) is 0 Å². The Kier molecular flexibility index (Phi) is 5.50. The Balaban J connectivity index is 4.24. The quantitative estimate of drug-likeness (QED) is 0.666. The molecule has 0 aliphatic heterocycles. The van der Waals surface area contributed by atoms with E-state index in [0.29, 0.717) is 0 Å². The zero-order chi connectivity index (χ0) is 11.4. The first-order valence-electron chi connectivity index (χ1n) is 5.24. The largest absolute Gasteiger partial charge is 0.342 e. The molecule has 84 valence electrons. The third-order valence-electron chi connectivity index (χ3n) is 2.13. The Labute approximate surface area is 92.6 Å². The Morgan fingerprint density at radius 3 is 2.00 bits per heavy atom. The van der Waals surface area contributed by atoms with Crippen molar-refractivity contribution >= 4 is 17.5 Å². The highest BCUT2D eigenvalue weighted by molar-refractivity contribution is 6.30. The van der Waals surface area contributed by atoms with Gasteiger partial charge in [-0.3, -0.25) is 4.79 Å². The van der Waals surface area contributed by atoms with Gasteiger partial charge < -0.3 is 4.90 Å². The lowest BCUT2D eigenvalue weighted by Gasteiger charge is -2.26. The van der Waals surface area contributed by atoms with Crippen molar-refractivity contribution in [3.05, 3.63) is 0 Å². The summed E-state index contributed by atoms with van der Waals surface area (Å²) in [6.45, 7) is 11.7. The molecule has 0 aliphatic rings. The smallest absolute Gasteiger partial charge is 0.240 e. The minimum absolute atomic E-state index is 0.0617. The summed E-state index contributed by atoms with van der Waals surface area (Å²) in [5.41, 5.74) is 0.106. The number of hydrogen-bond donors (Lipinski definition) is 0. The summed E-state index contributed by atoms with van der Waals surface area (Å²) in [7, 11) is 0. The molecule has 0 N–H and O–H groups in total. The molecule has 0 aliphatic carbocycles. The third kappa shape index (κ3) is 4.85. The molecule has 0 rings (SSSR count).